The zero-order valence-corrected chi connectivity index (χ0v) is 17.3. The quantitative estimate of drug-likeness (QED) is 0.780. The molecule has 0 bridgehead atoms. The van der Waals surface area contributed by atoms with Crippen LogP contribution >= 0.6 is 0 Å². The highest BCUT2D eigenvalue weighted by atomic mass is 19.4. The van der Waals surface area contributed by atoms with Gasteiger partial charge in [-0.3, -0.25) is 9.78 Å². The Bertz CT molecular complexity index is 904. The Morgan fingerprint density at radius 3 is 2.62 bits per heavy atom. The lowest BCUT2D eigenvalue weighted by Gasteiger charge is -2.42. The van der Waals surface area contributed by atoms with E-state index in [1.165, 1.54) is 12.3 Å². The van der Waals surface area contributed by atoms with Crippen molar-refractivity contribution in [2.24, 2.45) is 11.3 Å². The van der Waals surface area contributed by atoms with Gasteiger partial charge in [0.2, 0.25) is 5.91 Å². The summed E-state index contributed by atoms with van der Waals surface area (Å²) in [5.41, 5.74) is -1.14. The number of aromatic nitrogens is 1. The average Bonchev–Trinajstić information content (AvgIpc) is 2.58. The highest BCUT2D eigenvalue weighted by Gasteiger charge is 2.41. The topological polar surface area (TPSA) is 54.0 Å². The average molecular weight is 407 g/mol. The van der Waals surface area contributed by atoms with Crippen molar-refractivity contribution in [2.45, 2.75) is 52.3 Å². The first-order valence-electron chi connectivity index (χ1n) is 9.88. The van der Waals surface area contributed by atoms with Gasteiger partial charge in [0.15, 0.2) is 0 Å². The summed E-state index contributed by atoms with van der Waals surface area (Å²) < 4.78 is 40.6. The standard InChI is InChI=1S/C22H28F3N3O/c1-14-10-21(13-26-12-14,28-18(29)11-20(2,3)4)16-7-8-17(22(23,24)25)19-15(16)6-5-9-27-19/h5-9,14,26H,10-13H2,1-4H3,(H,28,29)/t14-,21-/m0/s1. The number of carbonyl (C=O) groups excluding carboxylic acids is 1. The van der Waals surface area contributed by atoms with E-state index < -0.39 is 17.3 Å². The van der Waals surface area contributed by atoms with Crippen LogP contribution in [0.1, 0.15) is 51.7 Å². The largest absolute Gasteiger partial charge is 0.418 e. The van der Waals surface area contributed by atoms with Crippen LogP contribution in [-0.2, 0) is 16.5 Å². The SMILES string of the molecule is C[C@@H]1CNC[C@](NC(=O)CC(C)(C)C)(c2ccc(C(F)(F)F)c3ncccc23)C1. The molecule has 1 saturated heterocycles. The first kappa shape index (κ1) is 21.6. The number of hydrogen-bond acceptors (Lipinski definition) is 3. The molecule has 1 aliphatic heterocycles. The summed E-state index contributed by atoms with van der Waals surface area (Å²) in [5, 5.41) is 6.95. The molecule has 0 spiro atoms. The van der Waals surface area contributed by atoms with E-state index in [1.807, 2.05) is 20.8 Å². The molecule has 29 heavy (non-hydrogen) atoms. The van der Waals surface area contributed by atoms with E-state index in [4.69, 9.17) is 0 Å². The Hall–Kier alpha value is -2.15. The number of alkyl halides is 3. The lowest BCUT2D eigenvalue weighted by atomic mass is 9.76. The predicted molar refractivity (Wildman–Crippen MR) is 107 cm³/mol. The van der Waals surface area contributed by atoms with Gasteiger partial charge in [0.25, 0.3) is 0 Å². The van der Waals surface area contributed by atoms with Gasteiger partial charge in [-0.1, -0.05) is 39.8 Å². The molecule has 0 radical (unpaired) electrons. The van der Waals surface area contributed by atoms with Crippen LogP contribution in [0, 0.1) is 11.3 Å². The molecule has 0 saturated carbocycles. The summed E-state index contributed by atoms with van der Waals surface area (Å²) in [6.45, 7) is 9.28. The lowest BCUT2D eigenvalue weighted by Crippen LogP contribution is -2.57. The maximum absolute atomic E-state index is 13.5. The fraction of sp³-hybridized carbons (Fsp3) is 0.545. The first-order valence-corrected chi connectivity index (χ1v) is 9.88. The second kappa shape index (κ2) is 7.59. The molecule has 1 aromatic heterocycles. The maximum atomic E-state index is 13.5. The Morgan fingerprint density at radius 1 is 1.28 bits per heavy atom. The van der Waals surface area contributed by atoms with Crippen molar-refractivity contribution in [3.8, 4) is 0 Å². The monoisotopic (exact) mass is 407 g/mol. The van der Waals surface area contributed by atoms with Gasteiger partial charge < -0.3 is 10.6 Å². The minimum absolute atomic E-state index is 0.0832. The van der Waals surface area contributed by atoms with Gasteiger partial charge in [-0.15, -0.1) is 0 Å². The number of benzene rings is 1. The number of pyridine rings is 1. The summed E-state index contributed by atoms with van der Waals surface area (Å²) >= 11 is 0. The zero-order chi connectivity index (χ0) is 21.4. The molecule has 2 atom stereocenters. The Morgan fingerprint density at radius 2 is 2.00 bits per heavy atom. The second-order valence-electron chi connectivity index (χ2n) is 9.37. The Balaban J connectivity index is 2.14. The van der Waals surface area contributed by atoms with Crippen LogP contribution < -0.4 is 10.6 Å². The molecular formula is C22H28F3N3O. The van der Waals surface area contributed by atoms with Crippen molar-refractivity contribution in [3.63, 3.8) is 0 Å². The summed E-state index contributed by atoms with van der Waals surface area (Å²) in [6, 6.07) is 5.88. The third-order valence-corrected chi connectivity index (χ3v) is 5.28. The molecule has 0 unspecified atom stereocenters. The van der Waals surface area contributed by atoms with Crippen LogP contribution in [0.25, 0.3) is 10.9 Å². The Labute approximate surface area is 169 Å². The number of hydrogen-bond donors (Lipinski definition) is 2. The van der Waals surface area contributed by atoms with E-state index in [-0.39, 0.29) is 22.8 Å². The smallest absolute Gasteiger partial charge is 0.345 e. The molecule has 1 amide bonds. The van der Waals surface area contributed by atoms with Crippen LogP contribution in [0.15, 0.2) is 30.5 Å². The fourth-order valence-corrected chi connectivity index (χ4v) is 4.25. The van der Waals surface area contributed by atoms with Crippen molar-refractivity contribution in [2.75, 3.05) is 13.1 Å². The number of halogens is 3. The van der Waals surface area contributed by atoms with Gasteiger partial charge in [0, 0.05) is 24.5 Å². The molecule has 1 fully saturated rings. The number of piperidine rings is 1. The molecule has 0 aliphatic carbocycles. The number of fused-ring (bicyclic) bond motifs is 1. The number of rotatable bonds is 3. The summed E-state index contributed by atoms with van der Waals surface area (Å²) in [5.74, 6) is 0.151. The minimum atomic E-state index is -4.49. The molecule has 1 aliphatic rings. The number of amides is 1. The zero-order valence-electron chi connectivity index (χ0n) is 17.3. The summed E-state index contributed by atoms with van der Waals surface area (Å²) in [6.07, 6.45) is -2.15. The van der Waals surface area contributed by atoms with E-state index >= 15 is 0 Å². The molecular weight excluding hydrogens is 379 g/mol. The van der Waals surface area contributed by atoms with Gasteiger partial charge in [0.05, 0.1) is 16.6 Å². The van der Waals surface area contributed by atoms with Gasteiger partial charge in [0.1, 0.15) is 0 Å². The molecule has 2 N–H and O–H groups in total. The van der Waals surface area contributed by atoms with E-state index in [2.05, 4.69) is 22.5 Å². The third-order valence-electron chi connectivity index (χ3n) is 5.28. The van der Waals surface area contributed by atoms with Crippen molar-refractivity contribution in [1.82, 2.24) is 15.6 Å². The van der Waals surface area contributed by atoms with E-state index in [0.717, 1.165) is 12.6 Å². The van der Waals surface area contributed by atoms with Crippen LogP contribution in [-0.4, -0.2) is 24.0 Å². The second-order valence-corrected chi connectivity index (χ2v) is 9.37. The maximum Gasteiger partial charge on any atom is 0.418 e. The molecule has 2 heterocycles. The number of nitrogens with one attached hydrogen (secondary N) is 2. The number of nitrogens with zero attached hydrogens (tertiary/aromatic N) is 1. The van der Waals surface area contributed by atoms with Crippen molar-refractivity contribution in [1.29, 1.82) is 0 Å². The van der Waals surface area contributed by atoms with Gasteiger partial charge in [-0.05, 0) is 42.0 Å². The molecule has 4 nitrogen and oxygen atoms in total. The van der Waals surface area contributed by atoms with Crippen molar-refractivity contribution >= 4 is 16.8 Å². The van der Waals surface area contributed by atoms with Crippen LogP contribution in [0.3, 0.4) is 0 Å². The Kier molecular flexibility index (Phi) is 5.64. The third kappa shape index (κ3) is 4.71. The summed E-state index contributed by atoms with van der Waals surface area (Å²) in [4.78, 5) is 16.9. The molecule has 1 aromatic carbocycles. The molecule has 158 valence electrons. The van der Waals surface area contributed by atoms with E-state index in [9.17, 15) is 18.0 Å². The van der Waals surface area contributed by atoms with Crippen LogP contribution in [0.2, 0.25) is 0 Å². The van der Waals surface area contributed by atoms with Crippen LogP contribution in [0.4, 0.5) is 13.2 Å². The van der Waals surface area contributed by atoms with Gasteiger partial charge in [-0.2, -0.15) is 13.2 Å². The van der Waals surface area contributed by atoms with Gasteiger partial charge >= 0.3 is 6.18 Å². The minimum Gasteiger partial charge on any atom is -0.345 e. The van der Waals surface area contributed by atoms with E-state index in [0.29, 0.717) is 30.3 Å². The first-order chi connectivity index (χ1) is 13.4. The van der Waals surface area contributed by atoms with Crippen LogP contribution in [0.5, 0.6) is 0 Å². The molecule has 7 heteroatoms. The van der Waals surface area contributed by atoms with Crippen molar-refractivity contribution in [3.05, 3.63) is 41.6 Å². The fourth-order valence-electron chi connectivity index (χ4n) is 4.25. The molecule has 2 aromatic rings. The van der Waals surface area contributed by atoms with E-state index in [1.54, 1.807) is 12.1 Å². The normalized spacial score (nSPS) is 23.2. The lowest BCUT2D eigenvalue weighted by molar-refractivity contribution is -0.136. The van der Waals surface area contributed by atoms with Gasteiger partial charge in [-0.25, -0.2) is 0 Å². The van der Waals surface area contributed by atoms with Crippen molar-refractivity contribution < 1.29 is 18.0 Å². The molecule has 3 rings (SSSR count). The highest BCUT2D eigenvalue weighted by Crippen LogP contribution is 2.40. The highest BCUT2D eigenvalue weighted by molar-refractivity contribution is 5.88. The summed E-state index contributed by atoms with van der Waals surface area (Å²) in [7, 11) is 0. The predicted octanol–water partition coefficient (Wildman–Crippen LogP) is 4.63. The number of carbonyl (C=O) groups is 1.